The van der Waals surface area contributed by atoms with E-state index < -0.39 is 0 Å². The van der Waals surface area contributed by atoms with Crippen molar-refractivity contribution in [3.8, 4) is 11.5 Å². The van der Waals surface area contributed by atoms with E-state index >= 15 is 0 Å². The topological polar surface area (TPSA) is 38.7 Å². The van der Waals surface area contributed by atoms with Gasteiger partial charge in [0.1, 0.15) is 11.5 Å². The maximum absolute atomic E-state index is 9.43. The number of ether oxygens (including phenoxy) is 2. The molecule has 2 aromatic carbocycles. The molecule has 3 heteroatoms. The largest absolute Gasteiger partial charge is 0.457 e. The summed E-state index contributed by atoms with van der Waals surface area (Å²) >= 11 is 0. The van der Waals surface area contributed by atoms with Crippen molar-refractivity contribution in [2.75, 3.05) is 6.79 Å². The van der Waals surface area contributed by atoms with Crippen molar-refractivity contribution < 1.29 is 14.6 Å². The van der Waals surface area contributed by atoms with Gasteiger partial charge in [-0.25, -0.2) is 0 Å². The molecule has 0 aliphatic heterocycles. The first-order valence-electron chi connectivity index (χ1n) is 9.84. The third-order valence-electron chi connectivity index (χ3n) is 5.83. The van der Waals surface area contributed by atoms with Gasteiger partial charge < -0.3 is 14.6 Å². The maximum atomic E-state index is 9.43. The van der Waals surface area contributed by atoms with Gasteiger partial charge >= 0.3 is 0 Å². The van der Waals surface area contributed by atoms with Crippen LogP contribution in [0.1, 0.15) is 71.1 Å². The van der Waals surface area contributed by atoms with Crippen LogP contribution < -0.4 is 9.47 Å². The molecule has 0 atom stereocenters. The van der Waals surface area contributed by atoms with Crippen LogP contribution in [0.4, 0.5) is 0 Å². The Morgan fingerprint density at radius 3 is 2.07 bits per heavy atom. The van der Waals surface area contributed by atoms with Crippen molar-refractivity contribution in [2.24, 2.45) is 0 Å². The van der Waals surface area contributed by atoms with E-state index in [1.54, 1.807) is 0 Å². The molecular weight excluding hydrogens is 336 g/mol. The van der Waals surface area contributed by atoms with Crippen LogP contribution in [0.3, 0.4) is 0 Å². The van der Waals surface area contributed by atoms with Crippen molar-refractivity contribution in [1.82, 2.24) is 0 Å². The van der Waals surface area contributed by atoms with E-state index in [1.165, 1.54) is 11.1 Å². The normalized spacial score (nSPS) is 12.1. The minimum Gasteiger partial charge on any atom is -0.457 e. The predicted octanol–water partition coefficient (Wildman–Crippen LogP) is 5.97. The third-order valence-corrected chi connectivity index (χ3v) is 5.83. The van der Waals surface area contributed by atoms with Crippen LogP contribution in [0, 0.1) is 0 Å². The standard InChI is InChI=1S/C24H34O3/c1-7-23(3,4)19-13-14-22(20(15-19)24(5,6)8-2)27-17-26-21-12-10-9-11-18(21)16-25/h9-15,25H,7-8,16-17H2,1-6H3. The van der Waals surface area contributed by atoms with E-state index in [0.29, 0.717) is 5.75 Å². The molecule has 148 valence electrons. The van der Waals surface area contributed by atoms with Gasteiger partial charge in [0.2, 0.25) is 6.79 Å². The Labute approximate surface area is 164 Å². The van der Waals surface area contributed by atoms with E-state index in [0.717, 1.165) is 24.2 Å². The summed E-state index contributed by atoms with van der Waals surface area (Å²) in [7, 11) is 0. The van der Waals surface area contributed by atoms with Crippen molar-refractivity contribution >= 4 is 0 Å². The highest BCUT2D eigenvalue weighted by molar-refractivity contribution is 5.44. The average molecular weight is 371 g/mol. The van der Waals surface area contributed by atoms with Crippen molar-refractivity contribution in [2.45, 2.75) is 71.8 Å². The monoisotopic (exact) mass is 370 g/mol. The van der Waals surface area contributed by atoms with Gasteiger partial charge in [-0.15, -0.1) is 0 Å². The second-order valence-corrected chi connectivity index (χ2v) is 8.36. The Morgan fingerprint density at radius 1 is 0.815 bits per heavy atom. The highest BCUT2D eigenvalue weighted by Crippen LogP contribution is 2.38. The summed E-state index contributed by atoms with van der Waals surface area (Å²) in [6.45, 7) is 13.5. The van der Waals surface area contributed by atoms with Crippen molar-refractivity contribution in [3.63, 3.8) is 0 Å². The van der Waals surface area contributed by atoms with E-state index in [4.69, 9.17) is 9.47 Å². The second-order valence-electron chi connectivity index (χ2n) is 8.36. The number of aliphatic hydroxyl groups excluding tert-OH is 1. The van der Waals surface area contributed by atoms with Crippen LogP contribution in [0.25, 0.3) is 0 Å². The molecule has 0 saturated carbocycles. The molecule has 0 fully saturated rings. The number of benzene rings is 2. The highest BCUT2D eigenvalue weighted by atomic mass is 16.7. The minimum absolute atomic E-state index is 0.0121. The predicted molar refractivity (Wildman–Crippen MR) is 112 cm³/mol. The summed E-state index contributed by atoms with van der Waals surface area (Å²) in [5.41, 5.74) is 3.45. The summed E-state index contributed by atoms with van der Waals surface area (Å²) < 4.78 is 11.8. The summed E-state index contributed by atoms with van der Waals surface area (Å²) in [4.78, 5) is 0. The van der Waals surface area contributed by atoms with Crippen molar-refractivity contribution in [3.05, 3.63) is 59.2 Å². The maximum Gasteiger partial charge on any atom is 0.230 e. The van der Waals surface area contributed by atoms with Gasteiger partial charge in [0.15, 0.2) is 0 Å². The molecule has 0 aliphatic carbocycles. The number of para-hydroxylation sites is 1. The first-order chi connectivity index (χ1) is 12.7. The van der Waals surface area contributed by atoms with Gasteiger partial charge in [0, 0.05) is 11.1 Å². The Kier molecular flexibility index (Phi) is 6.94. The molecule has 2 rings (SSSR count). The van der Waals surface area contributed by atoms with Gasteiger partial charge in [-0.1, -0.05) is 71.9 Å². The van der Waals surface area contributed by atoms with E-state index in [2.05, 4.69) is 59.7 Å². The lowest BCUT2D eigenvalue weighted by Gasteiger charge is -2.30. The van der Waals surface area contributed by atoms with E-state index in [-0.39, 0.29) is 24.2 Å². The fraction of sp³-hybridized carbons (Fsp3) is 0.500. The number of hydrogen-bond acceptors (Lipinski definition) is 3. The molecule has 2 aromatic rings. The molecule has 0 heterocycles. The second kappa shape index (κ2) is 8.79. The van der Waals surface area contributed by atoms with Gasteiger partial charge in [0.25, 0.3) is 0 Å². The van der Waals surface area contributed by atoms with Crippen molar-refractivity contribution in [1.29, 1.82) is 0 Å². The molecule has 0 aromatic heterocycles. The molecule has 0 saturated heterocycles. The lowest BCUT2D eigenvalue weighted by molar-refractivity contribution is 0.114. The first-order valence-corrected chi connectivity index (χ1v) is 9.84. The molecule has 0 radical (unpaired) electrons. The smallest absolute Gasteiger partial charge is 0.230 e. The molecule has 0 unspecified atom stereocenters. The van der Waals surface area contributed by atoms with Crippen LogP contribution in [-0.2, 0) is 17.4 Å². The molecular formula is C24H34O3. The molecule has 0 bridgehead atoms. The fourth-order valence-corrected chi connectivity index (χ4v) is 2.93. The van der Waals surface area contributed by atoms with Crippen LogP contribution in [0.2, 0.25) is 0 Å². The summed E-state index contributed by atoms with van der Waals surface area (Å²) in [6, 6.07) is 14.0. The Hall–Kier alpha value is -2.00. The molecule has 0 spiro atoms. The first kappa shape index (κ1) is 21.3. The van der Waals surface area contributed by atoms with E-state index in [9.17, 15) is 5.11 Å². The van der Waals surface area contributed by atoms with Gasteiger partial charge in [-0.3, -0.25) is 0 Å². The average Bonchev–Trinajstić information content (AvgIpc) is 2.68. The molecule has 0 amide bonds. The van der Waals surface area contributed by atoms with Crippen LogP contribution in [0.5, 0.6) is 11.5 Å². The fourth-order valence-electron chi connectivity index (χ4n) is 2.93. The molecule has 1 N–H and O–H groups in total. The zero-order valence-corrected chi connectivity index (χ0v) is 17.6. The Balaban J connectivity index is 2.25. The van der Waals surface area contributed by atoms with Gasteiger partial charge in [-0.2, -0.15) is 0 Å². The lowest BCUT2D eigenvalue weighted by atomic mass is 9.76. The molecule has 27 heavy (non-hydrogen) atoms. The SMILES string of the molecule is CCC(C)(C)c1ccc(OCOc2ccccc2CO)c(C(C)(C)CC)c1. The van der Waals surface area contributed by atoms with Gasteiger partial charge in [-0.05, 0) is 41.4 Å². The minimum atomic E-state index is -0.0505. The number of rotatable bonds is 9. The Bertz CT molecular complexity index is 747. The highest BCUT2D eigenvalue weighted by Gasteiger charge is 2.26. The molecule has 3 nitrogen and oxygen atoms in total. The van der Waals surface area contributed by atoms with Crippen LogP contribution in [-0.4, -0.2) is 11.9 Å². The number of hydrogen-bond donors (Lipinski definition) is 1. The van der Waals surface area contributed by atoms with Crippen LogP contribution in [0.15, 0.2) is 42.5 Å². The summed E-state index contributed by atoms with van der Waals surface area (Å²) in [6.07, 6.45) is 2.10. The lowest BCUT2D eigenvalue weighted by Crippen LogP contribution is -2.21. The quantitative estimate of drug-likeness (QED) is 0.553. The third kappa shape index (κ3) is 5.04. The molecule has 0 aliphatic rings. The van der Waals surface area contributed by atoms with Crippen LogP contribution >= 0.6 is 0 Å². The summed E-state index contributed by atoms with van der Waals surface area (Å²) in [5, 5.41) is 9.43. The van der Waals surface area contributed by atoms with E-state index in [1.807, 2.05) is 24.3 Å². The Morgan fingerprint density at radius 2 is 1.44 bits per heavy atom. The zero-order chi connectivity index (χ0) is 20.1. The number of aliphatic hydroxyl groups is 1. The van der Waals surface area contributed by atoms with Gasteiger partial charge in [0.05, 0.1) is 6.61 Å². The zero-order valence-electron chi connectivity index (χ0n) is 17.6. The summed E-state index contributed by atoms with van der Waals surface area (Å²) in [5.74, 6) is 1.51.